The van der Waals surface area contributed by atoms with Crippen molar-refractivity contribution in [3.63, 3.8) is 0 Å². The van der Waals surface area contributed by atoms with Crippen molar-refractivity contribution < 1.29 is 75.0 Å². The monoisotopic (exact) mass is 1000 g/mol. The zero-order valence-corrected chi connectivity index (χ0v) is 39.3. The van der Waals surface area contributed by atoms with E-state index in [0.717, 1.165) is 30.7 Å². The molecule has 0 heterocycles. The summed E-state index contributed by atoms with van der Waals surface area (Å²) in [6, 6.07) is 28.4. The van der Waals surface area contributed by atoms with Crippen LogP contribution in [0.2, 0.25) is 0 Å². The average Bonchev–Trinajstić information content (AvgIpc) is 3.86. The van der Waals surface area contributed by atoms with Crippen LogP contribution in [-0.2, 0) is 42.7 Å². The summed E-state index contributed by atoms with van der Waals surface area (Å²) in [6.07, 6.45) is -0.459. The molecule has 4 aliphatic rings. The predicted molar refractivity (Wildman–Crippen MR) is 212 cm³/mol. The summed E-state index contributed by atoms with van der Waals surface area (Å²) in [4.78, 5) is 0. The van der Waals surface area contributed by atoms with Crippen LogP contribution >= 0.6 is 0 Å². The van der Waals surface area contributed by atoms with E-state index in [1.54, 1.807) is 28.2 Å². The summed E-state index contributed by atoms with van der Waals surface area (Å²) in [5.74, 6) is 2.24. The van der Waals surface area contributed by atoms with Crippen LogP contribution in [0.1, 0.15) is 102 Å². The van der Waals surface area contributed by atoms with Crippen molar-refractivity contribution in [3.8, 4) is 0 Å². The van der Waals surface area contributed by atoms with Crippen LogP contribution in [0, 0.1) is 33.5 Å². The maximum atomic E-state index is 12.7. The second kappa shape index (κ2) is 17.2. The van der Waals surface area contributed by atoms with Crippen molar-refractivity contribution in [2.75, 3.05) is 0 Å². The van der Waals surface area contributed by atoms with Crippen LogP contribution < -0.4 is 24.8 Å². The van der Waals surface area contributed by atoms with Crippen molar-refractivity contribution in [2.24, 2.45) is 27.6 Å². The van der Waals surface area contributed by atoms with Gasteiger partial charge in [-0.2, -0.15) is 29.3 Å². The van der Waals surface area contributed by atoms with E-state index >= 15 is 0 Å². The zero-order chi connectivity index (χ0) is 41.1. The predicted octanol–water partition coefficient (Wildman–Crippen LogP) is 8.22. The minimum atomic E-state index is -4.48. The quantitative estimate of drug-likeness (QED) is 0.108. The molecule has 0 spiro atoms. The van der Waals surface area contributed by atoms with Gasteiger partial charge in [-0.25, -0.2) is 18.1 Å². The van der Waals surface area contributed by atoms with Gasteiger partial charge in [0.15, 0.2) is 0 Å². The minimum Gasteiger partial charge on any atom is -1.00 e. The maximum Gasteiger partial charge on any atom is -0.172 e. The molecular weight excluding hydrogens is 952 g/mol. The summed E-state index contributed by atoms with van der Waals surface area (Å²) in [5.41, 5.74) is 9.26. The molecule has 9 heteroatoms. The first kappa shape index (κ1) is 47.7. The standard InChI is InChI=1S/C29H37.C15H8F6.C5H5.2ClH.Hf/c1-18-25-22-17-19-13-9-10-14-20(19)24(22)21-15-11-12-16-23(21)29(25,8)28(6,7)27(4,5)26(18,2)3;16-14(17,18)12-5-1-3-10(8-12)7-11-4-2-6-13(9-11)15(19,20)21;1-2-4-5-3-1;;;/h9-11,13-15,23H,12,16-17H2,1-8H3;1-6,8-9H;1-5H;2*1H;/q-1;;-1;;;+2/p-2. The van der Waals surface area contributed by atoms with Gasteiger partial charge < -0.3 is 24.8 Å². The van der Waals surface area contributed by atoms with Crippen LogP contribution in [-0.4, -0.2) is 3.26 Å². The molecule has 0 aliphatic heterocycles. The van der Waals surface area contributed by atoms with E-state index < -0.39 is 23.5 Å². The van der Waals surface area contributed by atoms with Crippen LogP contribution in [0.4, 0.5) is 26.3 Å². The van der Waals surface area contributed by atoms with Crippen LogP contribution in [0.3, 0.4) is 0 Å². The fraction of sp³-hybridized carbons (Fsp3) is 0.367. The van der Waals surface area contributed by atoms with Gasteiger partial charge in [-0.05, 0) is 40.6 Å². The van der Waals surface area contributed by atoms with E-state index in [-0.39, 0.29) is 46.5 Å². The zero-order valence-electron chi connectivity index (χ0n) is 34.2. The molecule has 308 valence electrons. The Labute approximate surface area is 367 Å². The first-order chi connectivity index (χ1) is 26.1. The Bertz CT molecular complexity index is 2120. The number of benzene rings is 3. The topological polar surface area (TPSA) is 0 Å². The van der Waals surface area contributed by atoms with E-state index in [1.807, 2.05) is 30.3 Å². The molecule has 0 aromatic heterocycles. The van der Waals surface area contributed by atoms with Crippen LogP contribution in [0.5, 0.6) is 0 Å². The third-order valence-corrected chi connectivity index (χ3v) is 16.4. The molecule has 2 unspecified atom stereocenters. The Morgan fingerprint density at radius 3 is 1.76 bits per heavy atom. The van der Waals surface area contributed by atoms with E-state index in [9.17, 15) is 26.3 Å². The first-order valence-electron chi connectivity index (χ1n) is 19.2. The number of fused-ring (bicyclic) bond motifs is 6. The second-order valence-corrected chi connectivity index (χ2v) is 19.0. The molecular formula is C49H50Cl2F6Hf-2. The van der Waals surface area contributed by atoms with Gasteiger partial charge >= 0.3 is 137 Å². The summed E-state index contributed by atoms with van der Waals surface area (Å²) >= 11 is 0.316. The number of hydrogen-bond acceptors (Lipinski definition) is 0. The molecule has 0 saturated heterocycles. The Balaban J connectivity index is 0.000000228. The first-order valence-corrected chi connectivity index (χ1v) is 21.0. The number of hydrogen-bond donors (Lipinski definition) is 0. The molecule has 4 aromatic rings. The van der Waals surface area contributed by atoms with Gasteiger partial charge in [0, 0.05) is 0 Å². The Morgan fingerprint density at radius 1 is 0.724 bits per heavy atom. The van der Waals surface area contributed by atoms with Gasteiger partial charge in [-0.3, -0.25) is 0 Å². The molecule has 2 atom stereocenters. The Morgan fingerprint density at radius 2 is 1.26 bits per heavy atom. The number of rotatable bonds is 2. The Hall–Kier alpha value is -3.00. The minimum absolute atomic E-state index is 0. The third kappa shape index (κ3) is 8.10. The molecule has 0 N–H and O–H groups in total. The van der Waals surface area contributed by atoms with Crippen molar-refractivity contribution in [3.05, 3.63) is 171 Å². The third-order valence-electron chi connectivity index (χ3n) is 14.3. The molecule has 8 rings (SSSR count). The molecule has 4 aromatic carbocycles. The summed E-state index contributed by atoms with van der Waals surface area (Å²) in [5, 5.41) is 0. The van der Waals surface area contributed by atoms with Crippen molar-refractivity contribution in [1.29, 1.82) is 0 Å². The molecule has 0 radical (unpaired) electrons. The number of allylic oxidation sites excluding steroid dienone is 6. The molecule has 0 amide bonds. The van der Waals surface area contributed by atoms with E-state index in [0.29, 0.717) is 44.2 Å². The van der Waals surface area contributed by atoms with Gasteiger partial charge in [0.25, 0.3) is 0 Å². The van der Waals surface area contributed by atoms with Crippen molar-refractivity contribution >= 4 is 8.83 Å². The summed E-state index contributed by atoms with van der Waals surface area (Å²) < 4.78 is 76.7. The fourth-order valence-electron chi connectivity index (χ4n) is 9.76. The second-order valence-electron chi connectivity index (χ2n) is 17.2. The van der Waals surface area contributed by atoms with Gasteiger partial charge in [0.1, 0.15) is 0 Å². The molecule has 1 fully saturated rings. The number of halogens is 8. The fourth-order valence-corrected chi connectivity index (χ4v) is 10.9. The number of alkyl halides is 6. The van der Waals surface area contributed by atoms with Gasteiger partial charge in [-0.1, -0.05) is 113 Å². The van der Waals surface area contributed by atoms with Crippen LogP contribution in [0.15, 0.2) is 132 Å². The smallest absolute Gasteiger partial charge is 0.172 e. The van der Waals surface area contributed by atoms with Gasteiger partial charge in [0.2, 0.25) is 0 Å². The largest absolute Gasteiger partial charge is 1.00 e. The molecule has 0 nitrogen and oxygen atoms in total. The van der Waals surface area contributed by atoms with Gasteiger partial charge in [-0.15, -0.1) is 6.92 Å². The normalized spacial score (nSPS) is 22.0. The summed E-state index contributed by atoms with van der Waals surface area (Å²) in [6.45, 7) is 20.3. The average molecular weight is 1000 g/mol. The SMILES string of the molecule is C[C-]1C2=C3Cc4ccccc4C3=C3C=CCCC3C2(C)C(C)(C)C(C)(C)C1(C)C.FC(F)(F)c1cccc([C](=[Hf+2])c2cccc(C(F)(F)F)c2)c1.[Cl-].[Cl-].c1cc[cH-]c1. The Kier molecular flexibility index (Phi) is 14.1. The van der Waals surface area contributed by atoms with Crippen molar-refractivity contribution in [2.45, 2.75) is 87.0 Å². The molecule has 4 aliphatic carbocycles. The molecule has 1 saturated carbocycles. The maximum absolute atomic E-state index is 12.7. The summed E-state index contributed by atoms with van der Waals surface area (Å²) in [7, 11) is 0. The molecule has 0 bridgehead atoms. The van der Waals surface area contributed by atoms with E-state index in [4.69, 9.17) is 0 Å². The van der Waals surface area contributed by atoms with Crippen LogP contribution in [0.25, 0.3) is 5.57 Å². The van der Waals surface area contributed by atoms with Gasteiger partial charge in [0.05, 0.1) is 0 Å². The molecule has 58 heavy (non-hydrogen) atoms. The van der Waals surface area contributed by atoms with E-state index in [1.165, 1.54) is 48.2 Å². The van der Waals surface area contributed by atoms with Crippen molar-refractivity contribution in [1.82, 2.24) is 0 Å². The van der Waals surface area contributed by atoms with E-state index in [2.05, 4.69) is 91.8 Å².